The van der Waals surface area contributed by atoms with E-state index in [-0.39, 0.29) is 98.7 Å². The summed E-state index contributed by atoms with van der Waals surface area (Å²) in [4.78, 5) is 43.9. The van der Waals surface area contributed by atoms with E-state index in [0.29, 0.717) is 23.0 Å². The molecule has 4 aromatic rings. The average molecular weight is 1180 g/mol. The van der Waals surface area contributed by atoms with Crippen LogP contribution in [-0.4, -0.2) is 64.7 Å². The molecule has 0 radical (unpaired) electrons. The number of benzene rings is 4. The van der Waals surface area contributed by atoms with Gasteiger partial charge < -0.3 is 40.9 Å². The van der Waals surface area contributed by atoms with Crippen molar-refractivity contribution in [3.63, 3.8) is 0 Å². The number of phenols is 4. The molecule has 0 atom stereocenters. The topological polar surface area (TPSA) is 230 Å². The molecule has 0 saturated carbocycles. The summed E-state index contributed by atoms with van der Waals surface area (Å²) >= 11 is 0. The second-order valence-corrected chi connectivity index (χ2v) is 30.5. The maximum absolute atomic E-state index is 11.0. The molecule has 4 aromatic carbocycles. The molecular weight excluding hydrogens is 1070 g/mol. The molecular formula is C73H108O12. The lowest BCUT2D eigenvalue weighted by Gasteiger charge is -2.28. The first kappa shape index (κ1) is 77.9. The molecule has 0 amide bonds. The Bertz CT molecular complexity index is 2560. The highest BCUT2D eigenvalue weighted by atomic mass is 16.4. The van der Waals surface area contributed by atoms with Gasteiger partial charge in [-0.05, 0) is 110 Å². The van der Waals surface area contributed by atoms with Crippen molar-refractivity contribution >= 4 is 23.9 Å². The number of aromatic hydroxyl groups is 4. The van der Waals surface area contributed by atoms with Crippen molar-refractivity contribution in [2.75, 3.05) is 0 Å². The van der Waals surface area contributed by atoms with Crippen molar-refractivity contribution in [1.29, 1.82) is 0 Å². The fourth-order valence-corrected chi connectivity index (χ4v) is 9.05. The lowest BCUT2D eigenvalue weighted by Crippen LogP contribution is -2.18. The van der Waals surface area contributed by atoms with E-state index in [2.05, 4.69) is 26.3 Å². The summed E-state index contributed by atoms with van der Waals surface area (Å²) in [5.41, 5.74) is 9.04. The van der Waals surface area contributed by atoms with Crippen molar-refractivity contribution in [1.82, 2.24) is 0 Å². The Labute approximate surface area is 511 Å². The van der Waals surface area contributed by atoms with Gasteiger partial charge in [-0.2, -0.15) is 0 Å². The molecule has 0 saturated heterocycles. The Kier molecular flexibility index (Phi) is 26.0. The summed E-state index contributed by atoms with van der Waals surface area (Å²) in [7, 11) is 0. The van der Waals surface area contributed by atoms with Gasteiger partial charge in [-0.15, -0.1) is 0 Å². The van der Waals surface area contributed by atoms with Crippen molar-refractivity contribution in [3.05, 3.63) is 164 Å². The minimum atomic E-state index is -0.988. The zero-order valence-electron chi connectivity index (χ0n) is 55.5. The third kappa shape index (κ3) is 23.0. The fraction of sp³-hybridized carbons (Fsp3) is 0.507. The lowest BCUT2D eigenvalue weighted by molar-refractivity contribution is -0.133. The minimum Gasteiger partial charge on any atom is -0.507 e. The summed E-state index contributed by atoms with van der Waals surface area (Å²) < 4.78 is 0. The first-order valence-corrected chi connectivity index (χ1v) is 28.5. The van der Waals surface area contributed by atoms with Crippen LogP contribution >= 0.6 is 0 Å². The maximum atomic E-state index is 11.0. The Morgan fingerprint density at radius 2 is 0.365 bits per heavy atom. The summed E-state index contributed by atoms with van der Waals surface area (Å²) in [5, 5.41) is 78.4. The standard InChI is InChI=1S/4C18H26O3.CH4/c4*1-11(16(20)21)8-12-9-13(17(2,3)4)15(19)14(10-12)18(5,6)7;/h4*9-10,19H,1,8H2,2-7H3,(H,20,21);1H4. The normalized spacial score (nSPS) is 12.1. The highest BCUT2D eigenvalue weighted by molar-refractivity contribution is 5.88. The number of carboxylic acid groups (broad SMARTS) is 4. The zero-order valence-corrected chi connectivity index (χ0v) is 55.5. The van der Waals surface area contributed by atoms with E-state index in [9.17, 15) is 39.6 Å². The van der Waals surface area contributed by atoms with Crippen molar-refractivity contribution in [3.8, 4) is 23.0 Å². The van der Waals surface area contributed by atoms with Crippen LogP contribution in [-0.2, 0) is 88.2 Å². The molecule has 0 heterocycles. The first-order chi connectivity index (χ1) is 37.3. The molecule has 0 aromatic heterocycles. The molecule has 85 heavy (non-hydrogen) atoms. The molecule has 0 aliphatic carbocycles. The van der Waals surface area contributed by atoms with Crippen LogP contribution in [0, 0.1) is 0 Å². The average Bonchev–Trinajstić information content (AvgIpc) is 3.28. The summed E-state index contributed by atoms with van der Waals surface area (Å²) in [6, 6.07) is 15.1. The van der Waals surface area contributed by atoms with Crippen molar-refractivity contribution in [2.24, 2.45) is 0 Å². The van der Waals surface area contributed by atoms with Gasteiger partial charge in [0.2, 0.25) is 0 Å². The predicted molar refractivity (Wildman–Crippen MR) is 351 cm³/mol. The van der Waals surface area contributed by atoms with Gasteiger partial charge in [0.15, 0.2) is 0 Å². The number of rotatable bonds is 12. The number of phenolic OH excluding ortho intramolecular Hbond substituents is 4. The van der Waals surface area contributed by atoms with Crippen LogP contribution in [0.4, 0.5) is 0 Å². The molecule has 0 fully saturated rings. The van der Waals surface area contributed by atoms with Crippen LogP contribution in [0.5, 0.6) is 23.0 Å². The van der Waals surface area contributed by atoms with E-state index >= 15 is 0 Å². The highest BCUT2D eigenvalue weighted by Gasteiger charge is 2.31. The Morgan fingerprint density at radius 1 is 0.271 bits per heavy atom. The second kappa shape index (κ2) is 28.4. The monoisotopic (exact) mass is 1180 g/mol. The molecule has 0 bridgehead atoms. The third-order valence-electron chi connectivity index (χ3n) is 14.0. The molecule has 8 N–H and O–H groups in total. The van der Waals surface area contributed by atoms with Gasteiger partial charge >= 0.3 is 23.9 Å². The highest BCUT2D eigenvalue weighted by Crippen LogP contribution is 2.44. The van der Waals surface area contributed by atoms with Gasteiger partial charge in [0.05, 0.1) is 0 Å². The van der Waals surface area contributed by atoms with E-state index < -0.39 is 23.9 Å². The molecule has 0 aliphatic heterocycles. The number of hydrogen-bond acceptors (Lipinski definition) is 8. The SMILES string of the molecule is C.C=C(Cc1cc(C(C)(C)C)c(O)c(C(C)(C)C)c1)C(=O)O.C=C(Cc1cc(C(C)(C)C)c(O)c(C(C)(C)C)c1)C(=O)O.C=C(Cc1cc(C(C)(C)C)c(O)c(C(C)(C)C)c1)C(=O)O.C=C(Cc1cc(C(C)(C)C)c(O)c(C(C)(C)C)c1)C(=O)O. The number of hydrogen-bond donors (Lipinski definition) is 8. The van der Waals surface area contributed by atoms with Crippen LogP contribution in [0.2, 0.25) is 0 Å². The summed E-state index contributed by atoms with van der Waals surface area (Å²) in [6.07, 6.45) is 1.12. The largest absolute Gasteiger partial charge is 0.507 e. The first-order valence-electron chi connectivity index (χ1n) is 28.5. The van der Waals surface area contributed by atoms with E-state index in [4.69, 9.17) is 20.4 Å². The van der Waals surface area contributed by atoms with Gasteiger partial charge in [0, 0.05) is 48.0 Å². The van der Waals surface area contributed by atoms with Gasteiger partial charge in [0.25, 0.3) is 0 Å². The molecule has 4 rings (SSSR count). The van der Waals surface area contributed by atoms with Crippen molar-refractivity contribution < 1.29 is 60.0 Å². The van der Waals surface area contributed by atoms with Crippen LogP contribution in [0.3, 0.4) is 0 Å². The van der Waals surface area contributed by atoms with Gasteiger partial charge in [-0.25, -0.2) is 19.2 Å². The number of carboxylic acids is 4. The molecule has 0 spiro atoms. The molecule has 12 nitrogen and oxygen atoms in total. The van der Waals surface area contributed by atoms with Crippen LogP contribution in [0.1, 0.15) is 240 Å². The number of carbonyl (C=O) groups is 4. The van der Waals surface area contributed by atoms with E-state index in [1.165, 1.54) is 0 Å². The van der Waals surface area contributed by atoms with E-state index in [0.717, 1.165) is 66.8 Å². The predicted octanol–water partition coefficient (Wildman–Crippen LogP) is 17.3. The Hall–Kier alpha value is -7.08. The maximum Gasteiger partial charge on any atom is 0.331 e. The van der Waals surface area contributed by atoms with Crippen LogP contribution in [0.15, 0.2) is 97.1 Å². The van der Waals surface area contributed by atoms with E-state index in [1.807, 2.05) is 215 Å². The van der Waals surface area contributed by atoms with Crippen LogP contribution < -0.4 is 0 Å². The quantitative estimate of drug-likeness (QED) is 0.0620. The number of aliphatic carboxylic acids is 4. The van der Waals surface area contributed by atoms with Gasteiger partial charge in [0.1, 0.15) is 23.0 Å². The lowest BCUT2D eigenvalue weighted by atomic mass is 9.78. The summed E-state index contributed by atoms with van der Waals surface area (Å²) in [6.45, 7) is 63.1. The molecule has 0 unspecified atom stereocenters. The van der Waals surface area contributed by atoms with Gasteiger partial charge in [-0.1, -0.05) is 248 Å². The third-order valence-corrected chi connectivity index (χ3v) is 14.0. The second-order valence-electron chi connectivity index (χ2n) is 30.5. The minimum absolute atomic E-state index is 0. The smallest absolute Gasteiger partial charge is 0.331 e. The fourth-order valence-electron chi connectivity index (χ4n) is 9.05. The van der Waals surface area contributed by atoms with E-state index in [1.54, 1.807) is 0 Å². The van der Waals surface area contributed by atoms with Gasteiger partial charge in [-0.3, -0.25) is 0 Å². The van der Waals surface area contributed by atoms with Crippen LogP contribution in [0.25, 0.3) is 0 Å². The molecule has 12 heteroatoms. The zero-order chi connectivity index (χ0) is 66.3. The molecule has 0 aliphatic rings. The summed E-state index contributed by atoms with van der Waals surface area (Å²) in [5.74, 6) is -2.73. The Balaban J connectivity index is 0.00000110. The molecule has 472 valence electrons. The van der Waals surface area contributed by atoms with Crippen molar-refractivity contribution in [2.45, 2.75) is 243 Å². The Morgan fingerprint density at radius 3 is 0.435 bits per heavy atom.